The van der Waals surface area contributed by atoms with Crippen molar-refractivity contribution in [3.05, 3.63) is 27.7 Å². The van der Waals surface area contributed by atoms with Crippen LogP contribution in [0.3, 0.4) is 0 Å². The third-order valence-electron chi connectivity index (χ3n) is 2.32. The summed E-state index contributed by atoms with van der Waals surface area (Å²) < 4.78 is 15.6. The fraction of sp³-hybridized carbons (Fsp3) is 0.167. The van der Waals surface area contributed by atoms with Gasteiger partial charge in [-0.25, -0.2) is 4.79 Å². The molecule has 0 amide bonds. The molecule has 1 aliphatic heterocycles. The summed E-state index contributed by atoms with van der Waals surface area (Å²) in [6.45, 7) is 0.164. The summed E-state index contributed by atoms with van der Waals surface area (Å²) in [5, 5.41) is 8.88. The minimum absolute atomic E-state index is 0.0861. The Bertz CT molecular complexity index is 574. The lowest BCUT2D eigenvalue weighted by molar-refractivity contribution is -0.135. The quantitative estimate of drug-likeness (QED) is 0.476. The Labute approximate surface area is 112 Å². The average molecular weight is 310 g/mol. The molecule has 18 heavy (non-hydrogen) atoms. The van der Waals surface area contributed by atoms with E-state index in [0.717, 1.165) is 0 Å². The number of carbonyl (C=O) groups excluding carboxylic acids is 1. The number of methoxy groups -OCH3 is 1. The van der Waals surface area contributed by atoms with E-state index in [0.29, 0.717) is 21.5 Å². The van der Waals surface area contributed by atoms with Gasteiger partial charge in [0.1, 0.15) is 11.6 Å². The Morgan fingerprint density at radius 1 is 1.50 bits per heavy atom. The summed E-state index contributed by atoms with van der Waals surface area (Å²) in [5.41, 5.74) is 0.554. The molecular weight excluding hydrogens is 302 g/mol. The van der Waals surface area contributed by atoms with E-state index in [-0.39, 0.29) is 12.4 Å². The van der Waals surface area contributed by atoms with Crippen LogP contribution in [0.4, 0.5) is 0 Å². The maximum Gasteiger partial charge on any atom is 0.348 e. The van der Waals surface area contributed by atoms with Crippen LogP contribution in [0.5, 0.6) is 11.5 Å². The molecule has 0 bridgehead atoms. The molecule has 0 fully saturated rings. The molecule has 92 valence electrons. The highest BCUT2D eigenvalue weighted by Crippen LogP contribution is 2.37. The number of halogens is 1. The average Bonchev–Trinajstić information content (AvgIpc) is 2.81. The highest BCUT2D eigenvalue weighted by molar-refractivity contribution is 9.10. The van der Waals surface area contributed by atoms with E-state index in [9.17, 15) is 4.79 Å². The van der Waals surface area contributed by atoms with Crippen LogP contribution in [0.1, 0.15) is 5.56 Å². The van der Waals surface area contributed by atoms with Gasteiger partial charge < -0.3 is 14.2 Å². The van der Waals surface area contributed by atoms with E-state index >= 15 is 0 Å². The Kier molecular flexibility index (Phi) is 3.53. The Morgan fingerprint density at radius 3 is 2.78 bits per heavy atom. The molecule has 5 nitrogen and oxygen atoms in total. The minimum atomic E-state index is -0.679. The van der Waals surface area contributed by atoms with Gasteiger partial charge in [-0.2, -0.15) is 5.26 Å². The molecule has 0 saturated heterocycles. The fourth-order valence-electron chi connectivity index (χ4n) is 1.45. The van der Waals surface area contributed by atoms with Gasteiger partial charge in [0.15, 0.2) is 11.5 Å². The molecule has 1 aromatic carbocycles. The standard InChI is InChI=1S/C12H8BrNO4/c1-16-12(15)8(5-14)2-7-3-10-11(4-9(7)13)18-6-17-10/h2-4H,6H2,1H3/b8-2-. The summed E-state index contributed by atoms with van der Waals surface area (Å²) in [6.07, 6.45) is 1.43. The molecule has 2 rings (SSSR count). The minimum Gasteiger partial charge on any atom is -0.465 e. The predicted octanol–water partition coefficient (Wildman–Crippen LogP) is 2.26. The van der Waals surface area contributed by atoms with Crippen LogP contribution in [0.2, 0.25) is 0 Å². The van der Waals surface area contributed by atoms with Crippen molar-refractivity contribution in [3.8, 4) is 17.6 Å². The van der Waals surface area contributed by atoms with E-state index < -0.39 is 5.97 Å². The van der Waals surface area contributed by atoms with Gasteiger partial charge in [0, 0.05) is 4.47 Å². The van der Waals surface area contributed by atoms with Crippen molar-refractivity contribution in [2.75, 3.05) is 13.9 Å². The number of fused-ring (bicyclic) bond motifs is 1. The Hall–Kier alpha value is -2.00. The number of hydrogen-bond donors (Lipinski definition) is 0. The number of nitrogens with zero attached hydrogens (tertiary/aromatic N) is 1. The first kappa shape index (κ1) is 12.5. The topological polar surface area (TPSA) is 68.6 Å². The highest BCUT2D eigenvalue weighted by Gasteiger charge is 2.17. The highest BCUT2D eigenvalue weighted by atomic mass is 79.9. The number of carbonyl (C=O) groups is 1. The number of esters is 1. The fourth-order valence-corrected chi connectivity index (χ4v) is 1.88. The molecule has 0 unspecified atom stereocenters. The molecule has 0 aromatic heterocycles. The van der Waals surface area contributed by atoms with E-state index in [4.69, 9.17) is 14.7 Å². The van der Waals surface area contributed by atoms with Crippen molar-refractivity contribution in [1.82, 2.24) is 0 Å². The number of hydrogen-bond acceptors (Lipinski definition) is 5. The van der Waals surface area contributed by atoms with Crippen LogP contribution in [-0.2, 0) is 9.53 Å². The first-order valence-corrected chi connectivity index (χ1v) is 5.74. The van der Waals surface area contributed by atoms with Crippen LogP contribution in [0.25, 0.3) is 6.08 Å². The lowest BCUT2D eigenvalue weighted by Gasteiger charge is -2.02. The van der Waals surface area contributed by atoms with Gasteiger partial charge >= 0.3 is 5.97 Å². The molecule has 0 N–H and O–H groups in total. The zero-order chi connectivity index (χ0) is 13.1. The third kappa shape index (κ3) is 2.31. The second-order valence-electron chi connectivity index (χ2n) is 3.39. The predicted molar refractivity (Wildman–Crippen MR) is 65.9 cm³/mol. The molecule has 0 atom stereocenters. The van der Waals surface area contributed by atoms with Crippen LogP contribution in [0.15, 0.2) is 22.2 Å². The van der Waals surface area contributed by atoms with Crippen molar-refractivity contribution < 1.29 is 19.0 Å². The molecular formula is C12H8BrNO4. The maximum absolute atomic E-state index is 11.3. The largest absolute Gasteiger partial charge is 0.465 e. The first-order valence-electron chi connectivity index (χ1n) is 4.95. The molecule has 0 saturated carbocycles. The summed E-state index contributed by atoms with van der Waals surface area (Å²) >= 11 is 3.34. The van der Waals surface area contributed by atoms with Crippen molar-refractivity contribution in [3.63, 3.8) is 0 Å². The van der Waals surface area contributed by atoms with Crippen molar-refractivity contribution in [2.24, 2.45) is 0 Å². The molecule has 6 heteroatoms. The first-order chi connectivity index (χ1) is 8.65. The molecule has 1 aromatic rings. The monoisotopic (exact) mass is 309 g/mol. The second kappa shape index (κ2) is 5.10. The number of ether oxygens (including phenoxy) is 3. The van der Waals surface area contributed by atoms with E-state index in [2.05, 4.69) is 20.7 Å². The number of rotatable bonds is 2. The zero-order valence-electron chi connectivity index (χ0n) is 9.40. The van der Waals surface area contributed by atoms with Crippen LogP contribution >= 0.6 is 15.9 Å². The Balaban J connectivity index is 2.43. The molecule has 0 aliphatic carbocycles. The maximum atomic E-state index is 11.3. The van der Waals surface area contributed by atoms with Gasteiger partial charge in [0.25, 0.3) is 0 Å². The second-order valence-corrected chi connectivity index (χ2v) is 4.24. The van der Waals surface area contributed by atoms with Crippen LogP contribution in [0, 0.1) is 11.3 Å². The lowest BCUT2D eigenvalue weighted by Crippen LogP contribution is -2.02. The number of nitriles is 1. The van der Waals surface area contributed by atoms with E-state index in [1.807, 2.05) is 0 Å². The van der Waals surface area contributed by atoms with Gasteiger partial charge in [0.05, 0.1) is 7.11 Å². The van der Waals surface area contributed by atoms with Crippen molar-refractivity contribution >= 4 is 28.0 Å². The zero-order valence-corrected chi connectivity index (χ0v) is 11.0. The Morgan fingerprint density at radius 2 is 2.17 bits per heavy atom. The van der Waals surface area contributed by atoms with Gasteiger partial charge in [-0.1, -0.05) is 15.9 Å². The SMILES string of the molecule is COC(=O)/C(C#N)=C\c1cc2c(cc1Br)OCO2. The summed E-state index contributed by atoms with van der Waals surface area (Å²) in [4.78, 5) is 11.3. The smallest absolute Gasteiger partial charge is 0.348 e. The van der Waals surface area contributed by atoms with Crippen molar-refractivity contribution in [1.29, 1.82) is 5.26 Å². The van der Waals surface area contributed by atoms with Gasteiger partial charge in [0.2, 0.25) is 6.79 Å². The van der Waals surface area contributed by atoms with Gasteiger partial charge in [-0.3, -0.25) is 0 Å². The summed E-state index contributed by atoms with van der Waals surface area (Å²) in [6, 6.07) is 5.20. The van der Waals surface area contributed by atoms with Crippen LogP contribution in [-0.4, -0.2) is 19.9 Å². The molecule has 0 spiro atoms. The van der Waals surface area contributed by atoms with E-state index in [1.165, 1.54) is 13.2 Å². The van der Waals surface area contributed by atoms with Gasteiger partial charge in [-0.15, -0.1) is 0 Å². The van der Waals surface area contributed by atoms with E-state index in [1.54, 1.807) is 18.2 Å². The molecule has 0 radical (unpaired) electrons. The van der Waals surface area contributed by atoms with Crippen LogP contribution < -0.4 is 9.47 Å². The molecule has 1 aliphatic rings. The number of benzene rings is 1. The summed E-state index contributed by atoms with van der Waals surface area (Å²) in [5.74, 6) is 0.518. The lowest BCUT2D eigenvalue weighted by atomic mass is 10.1. The normalized spacial score (nSPS) is 13.1. The van der Waals surface area contributed by atoms with Crippen molar-refractivity contribution in [2.45, 2.75) is 0 Å². The van der Waals surface area contributed by atoms with Gasteiger partial charge in [-0.05, 0) is 23.8 Å². The molecule has 1 heterocycles. The summed E-state index contributed by atoms with van der Waals surface area (Å²) in [7, 11) is 1.22. The third-order valence-corrected chi connectivity index (χ3v) is 3.00.